The minimum atomic E-state index is 0.731. The predicted octanol–water partition coefficient (Wildman–Crippen LogP) is 8.03. The Labute approximate surface area is 197 Å². The van der Waals surface area contributed by atoms with Crippen molar-refractivity contribution in [1.29, 1.82) is 0 Å². The van der Waals surface area contributed by atoms with E-state index in [0.717, 1.165) is 24.2 Å². The monoisotopic (exact) mass is 437 g/mol. The molecule has 3 heteroatoms. The average molecular weight is 438 g/mol. The van der Waals surface area contributed by atoms with Gasteiger partial charge in [0.15, 0.2) is 0 Å². The van der Waals surface area contributed by atoms with Gasteiger partial charge in [0.25, 0.3) is 0 Å². The Morgan fingerprint density at radius 2 is 0.812 bits per heavy atom. The van der Waals surface area contributed by atoms with E-state index in [4.69, 9.17) is 4.98 Å². The normalized spacial score (nSPS) is 25.0. The SMILES string of the molecule is c1cc(N(C2CCCCC2)C2CCCCC2)c(N(C2CCCCC2)C2CCCCC2)cn1. The highest BCUT2D eigenvalue weighted by molar-refractivity contribution is 5.72. The number of pyridine rings is 1. The van der Waals surface area contributed by atoms with Crippen molar-refractivity contribution in [2.24, 2.45) is 0 Å². The molecule has 4 saturated carbocycles. The third-order valence-electron chi connectivity index (χ3n) is 9.21. The Hall–Kier alpha value is -1.25. The van der Waals surface area contributed by atoms with E-state index in [9.17, 15) is 0 Å². The molecule has 0 N–H and O–H groups in total. The summed E-state index contributed by atoms with van der Waals surface area (Å²) in [7, 11) is 0. The van der Waals surface area contributed by atoms with Gasteiger partial charge in [0.2, 0.25) is 0 Å². The van der Waals surface area contributed by atoms with E-state index < -0.39 is 0 Å². The van der Waals surface area contributed by atoms with Crippen molar-refractivity contribution in [3.05, 3.63) is 18.5 Å². The number of hydrogen-bond donors (Lipinski definition) is 0. The van der Waals surface area contributed by atoms with Crippen molar-refractivity contribution < 1.29 is 0 Å². The number of aromatic nitrogens is 1. The Balaban J connectivity index is 1.52. The van der Waals surface area contributed by atoms with Gasteiger partial charge in [0.05, 0.1) is 17.6 Å². The van der Waals surface area contributed by atoms with Gasteiger partial charge in [-0.1, -0.05) is 77.0 Å². The summed E-state index contributed by atoms with van der Waals surface area (Å²) in [6, 6.07) is 5.36. The van der Waals surface area contributed by atoms with Crippen LogP contribution in [0.4, 0.5) is 11.4 Å². The third-order valence-corrected chi connectivity index (χ3v) is 9.21. The van der Waals surface area contributed by atoms with Crippen LogP contribution in [0, 0.1) is 0 Å². The summed E-state index contributed by atoms with van der Waals surface area (Å²) in [5.41, 5.74) is 3.05. The van der Waals surface area contributed by atoms with Crippen molar-refractivity contribution in [2.75, 3.05) is 9.80 Å². The fraction of sp³-hybridized carbons (Fsp3) is 0.828. The maximum atomic E-state index is 4.76. The van der Waals surface area contributed by atoms with Crippen molar-refractivity contribution in [2.45, 2.75) is 153 Å². The molecule has 0 amide bonds. The van der Waals surface area contributed by atoms with Gasteiger partial charge >= 0.3 is 0 Å². The van der Waals surface area contributed by atoms with Crippen molar-refractivity contribution in [1.82, 2.24) is 4.98 Å². The summed E-state index contributed by atoms with van der Waals surface area (Å²) in [6.45, 7) is 0. The lowest BCUT2D eigenvalue weighted by Crippen LogP contribution is -2.49. The van der Waals surface area contributed by atoms with Gasteiger partial charge in [-0.2, -0.15) is 0 Å². The van der Waals surface area contributed by atoms with Crippen LogP contribution in [0.1, 0.15) is 128 Å². The van der Waals surface area contributed by atoms with E-state index in [1.54, 1.807) is 5.69 Å². The molecule has 3 nitrogen and oxygen atoms in total. The van der Waals surface area contributed by atoms with Gasteiger partial charge in [0, 0.05) is 30.4 Å². The van der Waals surface area contributed by atoms with Crippen LogP contribution in [0.15, 0.2) is 18.5 Å². The second-order valence-corrected chi connectivity index (χ2v) is 11.3. The summed E-state index contributed by atoms with van der Waals surface area (Å²) in [4.78, 5) is 10.7. The van der Waals surface area contributed by atoms with E-state index in [-0.39, 0.29) is 0 Å². The standard InChI is InChI=1S/C29H47N3/c1-5-13-24(14-6-1)31(25-15-7-2-8-16-25)28-21-22-30-23-29(28)32(26-17-9-3-10-18-26)27-19-11-4-12-20-27/h21-27H,1-20H2. The first kappa shape index (κ1) is 22.5. The molecule has 0 aliphatic heterocycles. The molecule has 0 bridgehead atoms. The van der Waals surface area contributed by atoms with E-state index in [2.05, 4.69) is 28.3 Å². The lowest BCUT2D eigenvalue weighted by molar-refractivity contribution is 0.331. The number of nitrogens with zero attached hydrogens (tertiary/aromatic N) is 3. The van der Waals surface area contributed by atoms with E-state index >= 15 is 0 Å². The molecule has 4 fully saturated rings. The Bertz CT molecular complexity index is 584. The molecule has 0 atom stereocenters. The van der Waals surface area contributed by atoms with Crippen LogP contribution in [-0.4, -0.2) is 29.2 Å². The zero-order valence-corrected chi connectivity index (χ0v) is 20.5. The van der Waals surface area contributed by atoms with E-state index in [0.29, 0.717) is 0 Å². The van der Waals surface area contributed by atoms with Crippen molar-refractivity contribution in [3.8, 4) is 0 Å². The fourth-order valence-corrected chi connectivity index (χ4v) is 7.62. The minimum Gasteiger partial charge on any atom is -0.364 e. The van der Waals surface area contributed by atoms with E-state index in [1.165, 1.54) is 134 Å². The third kappa shape index (κ3) is 5.12. The average Bonchev–Trinajstić information content (AvgIpc) is 2.88. The number of anilines is 2. The molecule has 5 rings (SSSR count). The van der Waals surface area contributed by atoms with Crippen LogP contribution < -0.4 is 9.80 Å². The first-order chi connectivity index (χ1) is 15.9. The van der Waals surface area contributed by atoms with Crippen LogP contribution in [0.3, 0.4) is 0 Å². The molecule has 1 aromatic rings. The summed E-state index contributed by atoms with van der Waals surface area (Å²) in [5, 5.41) is 0. The molecule has 4 aliphatic rings. The summed E-state index contributed by atoms with van der Waals surface area (Å²) in [6.07, 6.45) is 32.6. The molecule has 0 aromatic carbocycles. The Morgan fingerprint density at radius 1 is 0.469 bits per heavy atom. The molecule has 1 aromatic heterocycles. The number of hydrogen-bond acceptors (Lipinski definition) is 3. The minimum absolute atomic E-state index is 0.731. The topological polar surface area (TPSA) is 19.4 Å². The molecule has 0 unspecified atom stereocenters. The molecule has 1 heterocycles. The fourth-order valence-electron chi connectivity index (χ4n) is 7.62. The van der Waals surface area contributed by atoms with Crippen LogP contribution in [-0.2, 0) is 0 Å². The van der Waals surface area contributed by atoms with Crippen LogP contribution in [0.2, 0.25) is 0 Å². The van der Waals surface area contributed by atoms with Gasteiger partial charge in [0.1, 0.15) is 0 Å². The van der Waals surface area contributed by atoms with Gasteiger partial charge in [-0.15, -0.1) is 0 Å². The molecule has 0 saturated heterocycles. The molecule has 0 radical (unpaired) electrons. The Morgan fingerprint density at radius 3 is 1.19 bits per heavy atom. The smallest absolute Gasteiger partial charge is 0.0795 e. The Kier molecular flexibility index (Phi) is 7.92. The summed E-state index contributed by atoms with van der Waals surface area (Å²) < 4.78 is 0. The molecule has 0 spiro atoms. The zero-order chi connectivity index (χ0) is 21.6. The first-order valence-electron chi connectivity index (χ1n) is 14.4. The van der Waals surface area contributed by atoms with Gasteiger partial charge < -0.3 is 9.80 Å². The maximum absolute atomic E-state index is 4.76. The second kappa shape index (κ2) is 11.3. The highest BCUT2D eigenvalue weighted by Crippen LogP contribution is 2.43. The maximum Gasteiger partial charge on any atom is 0.0795 e. The predicted molar refractivity (Wildman–Crippen MR) is 137 cm³/mol. The highest BCUT2D eigenvalue weighted by Gasteiger charge is 2.35. The quantitative estimate of drug-likeness (QED) is 0.449. The van der Waals surface area contributed by atoms with Crippen LogP contribution in [0.25, 0.3) is 0 Å². The van der Waals surface area contributed by atoms with Crippen LogP contribution >= 0.6 is 0 Å². The van der Waals surface area contributed by atoms with Gasteiger partial charge in [-0.3, -0.25) is 4.98 Å². The van der Waals surface area contributed by atoms with Crippen LogP contribution in [0.5, 0.6) is 0 Å². The molecule has 4 aliphatic carbocycles. The summed E-state index contributed by atoms with van der Waals surface area (Å²) >= 11 is 0. The van der Waals surface area contributed by atoms with Crippen molar-refractivity contribution >= 4 is 11.4 Å². The van der Waals surface area contributed by atoms with E-state index in [1.807, 2.05) is 0 Å². The number of rotatable bonds is 6. The van der Waals surface area contributed by atoms with Crippen molar-refractivity contribution in [3.63, 3.8) is 0 Å². The molecule has 178 valence electrons. The molecular formula is C29H47N3. The summed E-state index contributed by atoms with van der Waals surface area (Å²) in [5.74, 6) is 0. The van der Waals surface area contributed by atoms with Gasteiger partial charge in [-0.25, -0.2) is 0 Å². The van der Waals surface area contributed by atoms with Gasteiger partial charge in [-0.05, 0) is 57.4 Å². The lowest BCUT2D eigenvalue weighted by Gasteiger charge is -2.48. The molecule has 32 heavy (non-hydrogen) atoms. The zero-order valence-electron chi connectivity index (χ0n) is 20.5. The molecular weight excluding hydrogens is 390 g/mol. The first-order valence-corrected chi connectivity index (χ1v) is 14.4. The largest absolute Gasteiger partial charge is 0.364 e. The second-order valence-electron chi connectivity index (χ2n) is 11.3. The lowest BCUT2D eigenvalue weighted by atomic mass is 9.86. The highest BCUT2D eigenvalue weighted by atomic mass is 15.3.